The van der Waals surface area contributed by atoms with E-state index in [0.717, 1.165) is 30.7 Å². The summed E-state index contributed by atoms with van der Waals surface area (Å²) in [5.41, 5.74) is 0.869. The van der Waals surface area contributed by atoms with Gasteiger partial charge in [0.1, 0.15) is 0 Å². The molecule has 152 valence electrons. The fourth-order valence-electron chi connectivity index (χ4n) is 3.56. The summed E-state index contributed by atoms with van der Waals surface area (Å²) in [6.45, 7) is 5.78. The molecule has 1 aliphatic heterocycles. The maximum atomic E-state index is 5.91. The van der Waals surface area contributed by atoms with Crippen LogP contribution < -0.4 is 10.6 Å². The highest BCUT2D eigenvalue weighted by Crippen LogP contribution is 2.19. The molecular formula is C20H29ClN6O. The number of hydrogen-bond acceptors (Lipinski definition) is 5. The van der Waals surface area contributed by atoms with Crippen LogP contribution >= 0.6 is 11.6 Å². The Morgan fingerprint density at radius 2 is 2.11 bits per heavy atom. The van der Waals surface area contributed by atoms with Crippen LogP contribution in [0.15, 0.2) is 33.8 Å². The standard InChI is InChI=1S/C20H29ClN6O/c1-3-17-6-4-5-12-27(17)13-11-23-20(22-2)24-14-18-25-19(26-28-18)15-7-9-16(21)10-8-15/h7-10,17H,3-6,11-14H2,1-2H3,(H2,22,23,24). The number of guanidine groups is 1. The van der Waals surface area contributed by atoms with Crippen LogP contribution in [0.25, 0.3) is 11.4 Å². The average Bonchev–Trinajstić information content (AvgIpc) is 3.20. The molecule has 1 fully saturated rings. The van der Waals surface area contributed by atoms with Gasteiger partial charge in [0.25, 0.3) is 0 Å². The number of rotatable bonds is 7. The van der Waals surface area contributed by atoms with E-state index in [9.17, 15) is 0 Å². The second-order valence-electron chi connectivity index (χ2n) is 6.96. The van der Waals surface area contributed by atoms with Crippen LogP contribution in [0.5, 0.6) is 0 Å². The van der Waals surface area contributed by atoms with Gasteiger partial charge in [0.05, 0.1) is 6.54 Å². The van der Waals surface area contributed by atoms with E-state index >= 15 is 0 Å². The molecule has 0 aliphatic carbocycles. The summed E-state index contributed by atoms with van der Waals surface area (Å²) in [6, 6.07) is 8.07. The average molecular weight is 405 g/mol. The molecular weight excluding hydrogens is 376 g/mol. The van der Waals surface area contributed by atoms with Gasteiger partial charge in [-0.3, -0.25) is 9.89 Å². The van der Waals surface area contributed by atoms with E-state index in [1.807, 2.05) is 24.3 Å². The van der Waals surface area contributed by atoms with E-state index in [1.165, 1.54) is 32.2 Å². The first-order valence-electron chi connectivity index (χ1n) is 9.96. The monoisotopic (exact) mass is 404 g/mol. The van der Waals surface area contributed by atoms with E-state index in [-0.39, 0.29) is 0 Å². The van der Waals surface area contributed by atoms with Crippen LogP contribution in [0.1, 0.15) is 38.5 Å². The molecule has 0 spiro atoms. The molecule has 0 bridgehead atoms. The van der Waals surface area contributed by atoms with Crippen molar-refractivity contribution < 1.29 is 4.52 Å². The Morgan fingerprint density at radius 3 is 2.86 bits per heavy atom. The second kappa shape index (κ2) is 10.4. The smallest absolute Gasteiger partial charge is 0.246 e. The van der Waals surface area contributed by atoms with E-state index < -0.39 is 0 Å². The maximum absolute atomic E-state index is 5.91. The normalized spacial score (nSPS) is 18.2. The molecule has 0 amide bonds. The Labute approximate surface area is 171 Å². The van der Waals surface area contributed by atoms with E-state index in [4.69, 9.17) is 16.1 Å². The summed E-state index contributed by atoms with van der Waals surface area (Å²) in [4.78, 5) is 11.3. The molecule has 2 heterocycles. The van der Waals surface area contributed by atoms with Crippen LogP contribution in [0, 0.1) is 0 Å². The van der Waals surface area contributed by atoms with Crippen molar-refractivity contribution in [2.45, 2.75) is 45.2 Å². The van der Waals surface area contributed by atoms with Crippen LogP contribution in [0.4, 0.5) is 0 Å². The molecule has 2 N–H and O–H groups in total. The van der Waals surface area contributed by atoms with Gasteiger partial charge in [-0.05, 0) is 50.1 Å². The zero-order valence-electron chi connectivity index (χ0n) is 16.6. The van der Waals surface area contributed by atoms with Crippen LogP contribution in [-0.4, -0.2) is 53.7 Å². The topological polar surface area (TPSA) is 78.6 Å². The molecule has 1 atom stereocenters. The molecule has 3 rings (SSSR count). The molecule has 0 saturated carbocycles. The van der Waals surface area contributed by atoms with Crippen molar-refractivity contribution in [1.29, 1.82) is 0 Å². The van der Waals surface area contributed by atoms with Crippen LogP contribution in [0.3, 0.4) is 0 Å². The van der Waals surface area contributed by atoms with Crippen LogP contribution in [0.2, 0.25) is 5.02 Å². The third-order valence-corrected chi connectivity index (χ3v) is 5.36. The number of aliphatic imine (C=N–C) groups is 1. The van der Waals surface area contributed by atoms with Crippen molar-refractivity contribution in [2.24, 2.45) is 4.99 Å². The second-order valence-corrected chi connectivity index (χ2v) is 7.40. The Kier molecular flexibility index (Phi) is 7.68. The van der Waals surface area contributed by atoms with Crippen molar-refractivity contribution in [3.63, 3.8) is 0 Å². The minimum Gasteiger partial charge on any atom is -0.355 e. The summed E-state index contributed by atoms with van der Waals surface area (Å²) in [5, 5.41) is 11.3. The number of benzene rings is 1. The minimum absolute atomic E-state index is 0.418. The van der Waals surface area contributed by atoms with Crippen molar-refractivity contribution in [1.82, 2.24) is 25.7 Å². The summed E-state index contributed by atoms with van der Waals surface area (Å²) in [6.07, 6.45) is 5.20. The molecule has 2 aromatic rings. The number of aromatic nitrogens is 2. The minimum atomic E-state index is 0.418. The maximum Gasteiger partial charge on any atom is 0.246 e. The lowest BCUT2D eigenvalue weighted by atomic mass is 10.0. The SMILES string of the molecule is CCC1CCCCN1CCNC(=NC)NCc1nc(-c2ccc(Cl)cc2)no1. The third-order valence-electron chi connectivity index (χ3n) is 5.11. The molecule has 7 nitrogen and oxygen atoms in total. The third kappa shape index (κ3) is 5.69. The lowest BCUT2D eigenvalue weighted by molar-refractivity contribution is 0.147. The number of likely N-dealkylation sites (tertiary alicyclic amines) is 1. The molecule has 1 aromatic carbocycles. The van der Waals surface area contributed by atoms with Gasteiger partial charge >= 0.3 is 0 Å². The number of hydrogen-bond donors (Lipinski definition) is 2. The Hall–Kier alpha value is -2.12. The van der Waals surface area contributed by atoms with Gasteiger partial charge in [-0.2, -0.15) is 4.98 Å². The zero-order valence-corrected chi connectivity index (χ0v) is 17.4. The summed E-state index contributed by atoms with van der Waals surface area (Å²) in [7, 11) is 1.76. The van der Waals surface area contributed by atoms with Crippen LogP contribution in [-0.2, 0) is 6.54 Å². The first kappa shape index (κ1) is 20.6. The zero-order chi connectivity index (χ0) is 19.8. The lowest BCUT2D eigenvalue weighted by Crippen LogP contribution is -2.45. The van der Waals surface area contributed by atoms with Crippen molar-refractivity contribution in [2.75, 3.05) is 26.7 Å². The number of nitrogens with one attached hydrogen (secondary N) is 2. The summed E-state index contributed by atoms with van der Waals surface area (Å²) >= 11 is 5.91. The van der Waals surface area contributed by atoms with Crippen molar-refractivity contribution in [3.8, 4) is 11.4 Å². The lowest BCUT2D eigenvalue weighted by Gasteiger charge is -2.35. The number of halogens is 1. The Bertz CT molecular complexity index is 760. The molecule has 0 radical (unpaired) electrons. The fourth-order valence-corrected chi connectivity index (χ4v) is 3.68. The quantitative estimate of drug-likeness (QED) is 0.544. The number of piperidine rings is 1. The highest BCUT2D eigenvalue weighted by atomic mass is 35.5. The van der Waals surface area contributed by atoms with Crippen molar-refractivity contribution >= 4 is 17.6 Å². The van der Waals surface area contributed by atoms with Gasteiger partial charge in [0.2, 0.25) is 11.7 Å². The van der Waals surface area contributed by atoms with Gasteiger partial charge in [0.15, 0.2) is 5.96 Å². The molecule has 1 saturated heterocycles. The molecule has 1 aromatic heterocycles. The van der Waals surface area contributed by atoms with E-state index in [2.05, 4.69) is 37.6 Å². The van der Waals surface area contributed by atoms with E-state index in [0.29, 0.717) is 23.3 Å². The van der Waals surface area contributed by atoms with Crippen molar-refractivity contribution in [3.05, 3.63) is 35.2 Å². The summed E-state index contributed by atoms with van der Waals surface area (Å²) < 4.78 is 5.32. The van der Waals surface area contributed by atoms with Gasteiger partial charge < -0.3 is 15.2 Å². The van der Waals surface area contributed by atoms with Gasteiger partial charge in [-0.15, -0.1) is 0 Å². The van der Waals surface area contributed by atoms with Gasteiger partial charge in [-0.25, -0.2) is 0 Å². The highest BCUT2D eigenvalue weighted by molar-refractivity contribution is 6.30. The van der Waals surface area contributed by atoms with Gasteiger partial charge in [0, 0.05) is 36.8 Å². The molecule has 28 heavy (non-hydrogen) atoms. The highest BCUT2D eigenvalue weighted by Gasteiger charge is 2.20. The predicted molar refractivity (Wildman–Crippen MR) is 112 cm³/mol. The Morgan fingerprint density at radius 1 is 1.29 bits per heavy atom. The predicted octanol–water partition coefficient (Wildman–Crippen LogP) is 3.32. The Balaban J connectivity index is 1.45. The van der Waals surface area contributed by atoms with E-state index in [1.54, 1.807) is 7.05 Å². The summed E-state index contributed by atoms with van der Waals surface area (Å²) in [5.74, 6) is 1.79. The first-order chi connectivity index (χ1) is 13.7. The fraction of sp³-hybridized carbons (Fsp3) is 0.550. The first-order valence-corrected chi connectivity index (χ1v) is 10.3. The molecule has 8 heteroatoms. The largest absolute Gasteiger partial charge is 0.355 e. The van der Waals surface area contributed by atoms with Gasteiger partial charge in [-0.1, -0.05) is 30.1 Å². The molecule has 1 unspecified atom stereocenters. The molecule has 1 aliphatic rings. The number of nitrogens with zero attached hydrogens (tertiary/aromatic N) is 4.